The number of thiazole rings is 1. The number of likely N-dealkylation sites (tertiary alicyclic amines) is 1. The number of carboxylic acid groups (broad SMARTS) is 1. The summed E-state index contributed by atoms with van der Waals surface area (Å²) in [5.74, 6) is -1.21. The Kier molecular flexibility index (Phi) is 5.08. The van der Waals surface area contributed by atoms with Crippen LogP contribution < -0.4 is 5.73 Å². The second-order valence-electron chi connectivity index (χ2n) is 4.87. The summed E-state index contributed by atoms with van der Waals surface area (Å²) in [6.45, 7) is 0.974. The van der Waals surface area contributed by atoms with E-state index in [-0.39, 0.29) is 5.91 Å². The van der Waals surface area contributed by atoms with E-state index >= 15 is 0 Å². The van der Waals surface area contributed by atoms with Gasteiger partial charge in [-0.1, -0.05) is 12.8 Å². The molecule has 0 bridgehead atoms. The van der Waals surface area contributed by atoms with Crippen LogP contribution in [0, 0.1) is 0 Å². The van der Waals surface area contributed by atoms with Gasteiger partial charge in [0.2, 0.25) is 0 Å². The van der Waals surface area contributed by atoms with Crippen LogP contribution in [0.2, 0.25) is 0 Å². The van der Waals surface area contributed by atoms with Crippen molar-refractivity contribution in [3.05, 3.63) is 16.1 Å². The molecule has 6 nitrogen and oxygen atoms in total. The van der Waals surface area contributed by atoms with E-state index in [1.165, 1.54) is 16.2 Å². The second kappa shape index (κ2) is 6.81. The van der Waals surface area contributed by atoms with E-state index in [1.54, 1.807) is 5.38 Å². The van der Waals surface area contributed by atoms with Crippen molar-refractivity contribution in [1.82, 2.24) is 9.88 Å². The fraction of sp³-hybridized carbons (Fsp3) is 0.615. The van der Waals surface area contributed by atoms with Crippen molar-refractivity contribution >= 4 is 23.2 Å². The summed E-state index contributed by atoms with van der Waals surface area (Å²) < 4.78 is 0. The molecule has 2 rings (SSSR count). The molecule has 1 atom stereocenters. The Bertz CT molecular complexity index is 489. The summed E-state index contributed by atoms with van der Waals surface area (Å²) in [4.78, 5) is 29.5. The van der Waals surface area contributed by atoms with Crippen molar-refractivity contribution in [3.63, 3.8) is 0 Å². The van der Waals surface area contributed by atoms with Crippen LogP contribution in [0.3, 0.4) is 0 Å². The number of aliphatic carboxylic acids is 1. The molecule has 0 saturated carbocycles. The van der Waals surface area contributed by atoms with Gasteiger partial charge in [-0.25, -0.2) is 9.78 Å². The summed E-state index contributed by atoms with van der Waals surface area (Å²) in [7, 11) is 0. The summed E-state index contributed by atoms with van der Waals surface area (Å²) in [6.07, 6.45) is 3.80. The number of hydrogen-bond acceptors (Lipinski definition) is 5. The Labute approximate surface area is 121 Å². The van der Waals surface area contributed by atoms with E-state index in [2.05, 4.69) is 4.98 Å². The molecule has 2 heterocycles. The van der Waals surface area contributed by atoms with E-state index in [9.17, 15) is 14.7 Å². The fourth-order valence-corrected chi connectivity index (χ4v) is 3.19. The molecule has 20 heavy (non-hydrogen) atoms. The molecule has 1 aliphatic heterocycles. The average Bonchev–Trinajstić information content (AvgIpc) is 2.74. The molecule has 110 valence electrons. The maximum Gasteiger partial charge on any atom is 0.326 e. The van der Waals surface area contributed by atoms with E-state index < -0.39 is 12.0 Å². The number of rotatable bonds is 4. The number of carboxylic acids is 1. The maximum atomic E-state index is 12.5. The quantitative estimate of drug-likeness (QED) is 0.868. The molecular formula is C13H19N3O3S. The Morgan fingerprint density at radius 1 is 1.45 bits per heavy atom. The normalized spacial score (nSPS) is 19.6. The molecule has 0 aromatic carbocycles. The number of aromatic nitrogens is 1. The van der Waals surface area contributed by atoms with E-state index in [4.69, 9.17) is 5.73 Å². The van der Waals surface area contributed by atoms with E-state index in [0.717, 1.165) is 24.3 Å². The lowest BCUT2D eigenvalue weighted by Gasteiger charge is -2.26. The van der Waals surface area contributed by atoms with Gasteiger partial charge in [0.15, 0.2) is 0 Å². The molecule has 1 fully saturated rings. The van der Waals surface area contributed by atoms with E-state index in [1.807, 2.05) is 0 Å². The van der Waals surface area contributed by atoms with Crippen molar-refractivity contribution in [1.29, 1.82) is 0 Å². The molecule has 1 unspecified atom stereocenters. The molecule has 0 spiro atoms. The van der Waals surface area contributed by atoms with Crippen LogP contribution in [0.25, 0.3) is 0 Å². The molecule has 1 aliphatic rings. The predicted molar refractivity (Wildman–Crippen MR) is 75.8 cm³/mol. The lowest BCUT2D eigenvalue weighted by atomic mass is 10.1. The lowest BCUT2D eigenvalue weighted by Crippen LogP contribution is -2.44. The van der Waals surface area contributed by atoms with Crippen LogP contribution in [0.5, 0.6) is 0 Å². The minimum atomic E-state index is -0.933. The second-order valence-corrected chi connectivity index (χ2v) is 5.81. The molecule has 1 amide bonds. The third kappa shape index (κ3) is 3.34. The van der Waals surface area contributed by atoms with Gasteiger partial charge in [-0.3, -0.25) is 4.79 Å². The first-order valence-corrected chi connectivity index (χ1v) is 7.69. The minimum Gasteiger partial charge on any atom is -0.480 e. The van der Waals surface area contributed by atoms with Crippen LogP contribution in [-0.2, 0) is 11.2 Å². The zero-order valence-electron chi connectivity index (χ0n) is 11.2. The topological polar surface area (TPSA) is 96.5 Å². The van der Waals surface area contributed by atoms with Gasteiger partial charge in [-0.15, -0.1) is 11.3 Å². The van der Waals surface area contributed by atoms with Crippen molar-refractivity contribution in [2.45, 2.75) is 38.1 Å². The minimum absolute atomic E-state index is 0.279. The number of carbonyl (C=O) groups is 2. The Balaban J connectivity index is 2.17. The Hall–Kier alpha value is -1.47. The molecule has 1 saturated heterocycles. The van der Waals surface area contributed by atoms with Crippen molar-refractivity contribution in [3.8, 4) is 0 Å². The zero-order chi connectivity index (χ0) is 14.5. The fourth-order valence-electron chi connectivity index (χ4n) is 2.40. The number of nitrogens with two attached hydrogens (primary N) is 1. The van der Waals surface area contributed by atoms with Gasteiger partial charge in [-0.05, 0) is 19.4 Å². The summed E-state index contributed by atoms with van der Waals surface area (Å²) in [5, 5.41) is 11.8. The first-order valence-electron chi connectivity index (χ1n) is 6.81. The van der Waals surface area contributed by atoms with Crippen molar-refractivity contribution in [2.24, 2.45) is 5.73 Å². The largest absolute Gasteiger partial charge is 0.480 e. The van der Waals surface area contributed by atoms with Gasteiger partial charge in [0.25, 0.3) is 5.91 Å². The highest BCUT2D eigenvalue weighted by molar-refractivity contribution is 7.09. The zero-order valence-corrected chi connectivity index (χ0v) is 12.1. The Morgan fingerprint density at radius 3 is 2.95 bits per heavy atom. The third-order valence-corrected chi connectivity index (χ3v) is 4.34. The predicted octanol–water partition coefficient (Wildman–Crippen LogP) is 1.11. The molecule has 0 radical (unpaired) electrons. The van der Waals surface area contributed by atoms with Gasteiger partial charge in [0.05, 0.1) is 5.01 Å². The highest BCUT2D eigenvalue weighted by atomic mass is 32.1. The maximum absolute atomic E-state index is 12.5. The lowest BCUT2D eigenvalue weighted by molar-refractivity contribution is -0.142. The van der Waals surface area contributed by atoms with E-state index in [0.29, 0.717) is 31.6 Å². The van der Waals surface area contributed by atoms with Crippen molar-refractivity contribution in [2.75, 3.05) is 13.1 Å². The van der Waals surface area contributed by atoms with Crippen LogP contribution in [0.1, 0.15) is 41.2 Å². The van der Waals surface area contributed by atoms with Crippen LogP contribution in [0.15, 0.2) is 5.38 Å². The first kappa shape index (κ1) is 14.9. The monoisotopic (exact) mass is 297 g/mol. The number of nitrogens with zero attached hydrogens (tertiary/aromatic N) is 2. The summed E-state index contributed by atoms with van der Waals surface area (Å²) in [6, 6.07) is -0.732. The van der Waals surface area contributed by atoms with Crippen molar-refractivity contribution < 1.29 is 14.7 Å². The molecule has 1 aromatic heterocycles. The van der Waals surface area contributed by atoms with Crippen LogP contribution in [0.4, 0.5) is 0 Å². The number of amides is 1. The van der Waals surface area contributed by atoms with Gasteiger partial charge in [-0.2, -0.15) is 0 Å². The SMILES string of the molecule is NCCc1nc(C(=O)N2CCCCCC2C(=O)O)cs1. The molecule has 1 aromatic rings. The van der Waals surface area contributed by atoms with Gasteiger partial charge in [0.1, 0.15) is 11.7 Å². The third-order valence-electron chi connectivity index (χ3n) is 3.43. The molecular weight excluding hydrogens is 278 g/mol. The standard InChI is InChI=1S/C13H19N3O3S/c14-6-5-11-15-9(8-20-11)12(17)16-7-3-1-2-4-10(16)13(18)19/h8,10H,1-7,14H2,(H,18,19). The summed E-state index contributed by atoms with van der Waals surface area (Å²) in [5.41, 5.74) is 5.80. The molecule has 0 aliphatic carbocycles. The summed E-state index contributed by atoms with van der Waals surface area (Å²) >= 11 is 1.40. The highest BCUT2D eigenvalue weighted by Crippen LogP contribution is 2.20. The molecule has 3 N–H and O–H groups in total. The number of carbonyl (C=O) groups excluding carboxylic acids is 1. The van der Waals surface area contributed by atoms with Gasteiger partial charge in [0, 0.05) is 18.3 Å². The average molecular weight is 297 g/mol. The van der Waals surface area contributed by atoms with Crippen LogP contribution >= 0.6 is 11.3 Å². The van der Waals surface area contributed by atoms with Gasteiger partial charge < -0.3 is 15.7 Å². The number of hydrogen-bond donors (Lipinski definition) is 2. The van der Waals surface area contributed by atoms with Gasteiger partial charge >= 0.3 is 5.97 Å². The highest BCUT2D eigenvalue weighted by Gasteiger charge is 2.32. The smallest absolute Gasteiger partial charge is 0.326 e. The molecule has 7 heteroatoms. The van der Waals surface area contributed by atoms with Crippen LogP contribution in [-0.4, -0.2) is 46.0 Å². The Morgan fingerprint density at radius 2 is 2.25 bits per heavy atom. The first-order chi connectivity index (χ1) is 9.63.